The van der Waals surface area contributed by atoms with Gasteiger partial charge in [0.05, 0.1) is 0 Å². The summed E-state index contributed by atoms with van der Waals surface area (Å²) in [6, 6.07) is 4.10. The number of hydrogen-bond donors (Lipinski definition) is 0. The Bertz CT molecular complexity index is 315. The summed E-state index contributed by atoms with van der Waals surface area (Å²) in [5.41, 5.74) is 3.68. The smallest absolute Gasteiger partial charge is 0.0494 e. The second kappa shape index (κ2) is 3.05. The summed E-state index contributed by atoms with van der Waals surface area (Å²) in [7, 11) is 1.86. The number of hydrogen-bond acceptors (Lipinski definition) is 2. The number of fused-ring (bicyclic) bond motifs is 1. The summed E-state index contributed by atoms with van der Waals surface area (Å²) in [5, 5.41) is 0. The Kier molecular flexibility index (Phi) is 1.90. The Hall–Kier alpha value is -1.18. The number of nitrogens with zero attached hydrogens (tertiary/aromatic N) is 2. The number of pyridine rings is 1. The van der Waals surface area contributed by atoms with Crippen LogP contribution in [0, 0.1) is 0 Å². The molecule has 1 aromatic rings. The Balaban J connectivity index is 2.51. The lowest BCUT2D eigenvalue weighted by atomic mass is 9.94. The van der Waals surface area contributed by atoms with Crippen molar-refractivity contribution in [2.24, 2.45) is 4.99 Å². The summed E-state index contributed by atoms with van der Waals surface area (Å²) in [6.07, 6.45) is 5.26. The van der Waals surface area contributed by atoms with Crippen LogP contribution in [0.1, 0.15) is 24.1 Å². The van der Waals surface area contributed by atoms with E-state index in [1.54, 1.807) is 0 Å². The molecule has 0 saturated heterocycles. The van der Waals surface area contributed by atoms with E-state index in [-0.39, 0.29) is 0 Å². The highest BCUT2D eigenvalue weighted by molar-refractivity contribution is 6.02. The van der Waals surface area contributed by atoms with Crippen molar-refractivity contribution in [3.8, 4) is 0 Å². The van der Waals surface area contributed by atoms with Crippen LogP contribution in [0.15, 0.2) is 23.3 Å². The van der Waals surface area contributed by atoms with Gasteiger partial charge in [-0.2, -0.15) is 0 Å². The van der Waals surface area contributed by atoms with Crippen LogP contribution in [-0.4, -0.2) is 17.7 Å². The molecule has 2 rings (SSSR count). The fourth-order valence-corrected chi connectivity index (χ4v) is 1.69. The average Bonchev–Trinajstić information content (AvgIpc) is 2.17. The summed E-state index contributed by atoms with van der Waals surface area (Å²) >= 11 is 0. The molecule has 2 heteroatoms. The zero-order chi connectivity index (χ0) is 8.39. The second-order valence-corrected chi connectivity index (χ2v) is 3.02. The molecule has 1 aliphatic rings. The minimum atomic E-state index is 1.11. The lowest BCUT2D eigenvalue weighted by molar-refractivity contribution is 0.807. The van der Waals surface area contributed by atoms with Gasteiger partial charge >= 0.3 is 0 Å². The predicted octanol–water partition coefficient (Wildman–Crippen LogP) is 1.84. The molecule has 0 aliphatic heterocycles. The van der Waals surface area contributed by atoms with E-state index in [0.29, 0.717) is 0 Å². The zero-order valence-electron chi connectivity index (χ0n) is 7.25. The van der Waals surface area contributed by atoms with E-state index in [4.69, 9.17) is 0 Å². The number of aliphatic imine (C=N–C) groups is 1. The molecule has 0 amide bonds. The highest BCUT2D eigenvalue weighted by atomic mass is 14.7. The second-order valence-electron chi connectivity index (χ2n) is 3.02. The van der Waals surface area contributed by atoms with Crippen LogP contribution in [0.3, 0.4) is 0 Å². The summed E-state index contributed by atoms with van der Waals surface area (Å²) < 4.78 is 0. The van der Waals surface area contributed by atoms with Crippen molar-refractivity contribution in [3.63, 3.8) is 0 Å². The van der Waals surface area contributed by atoms with Crippen LogP contribution in [0.5, 0.6) is 0 Å². The van der Waals surface area contributed by atoms with Gasteiger partial charge in [-0.25, -0.2) is 0 Å². The third-order valence-corrected chi connectivity index (χ3v) is 2.30. The van der Waals surface area contributed by atoms with Crippen molar-refractivity contribution >= 4 is 5.71 Å². The largest absolute Gasteiger partial charge is 0.292 e. The fraction of sp³-hybridized carbons (Fsp3) is 0.400. The molecule has 1 aromatic heterocycles. The molecule has 0 fully saturated rings. The third-order valence-electron chi connectivity index (χ3n) is 2.30. The maximum atomic E-state index is 4.34. The van der Waals surface area contributed by atoms with Crippen molar-refractivity contribution in [2.45, 2.75) is 19.3 Å². The zero-order valence-corrected chi connectivity index (χ0v) is 7.25. The van der Waals surface area contributed by atoms with Crippen molar-refractivity contribution in [1.29, 1.82) is 0 Å². The van der Waals surface area contributed by atoms with E-state index in [1.807, 2.05) is 19.3 Å². The Morgan fingerprint density at radius 2 is 2.33 bits per heavy atom. The van der Waals surface area contributed by atoms with Crippen molar-refractivity contribution in [1.82, 2.24) is 4.98 Å². The van der Waals surface area contributed by atoms with Crippen LogP contribution < -0.4 is 0 Å². The van der Waals surface area contributed by atoms with E-state index in [2.05, 4.69) is 16.0 Å². The predicted molar refractivity (Wildman–Crippen MR) is 49.6 cm³/mol. The molecule has 0 atom stereocenters. The lowest BCUT2D eigenvalue weighted by Gasteiger charge is -2.15. The monoisotopic (exact) mass is 160 g/mol. The molecular weight excluding hydrogens is 148 g/mol. The fourth-order valence-electron chi connectivity index (χ4n) is 1.69. The van der Waals surface area contributed by atoms with Crippen molar-refractivity contribution in [3.05, 3.63) is 29.6 Å². The molecule has 0 bridgehead atoms. The third kappa shape index (κ3) is 1.13. The topological polar surface area (TPSA) is 25.2 Å². The van der Waals surface area contributed by atoms with E-state index < -0.39 is 0 Å². The van der Waals surface area contributed by atoms with Gasteiger partial charge in [0.25, 0.3) is 0 Å². The van der Waals surface area contributed by atoms with E-state index >= 15 is 0 Å². The maximum Gasteiger partial charge on any atom is 0.0494 e. The van der Waals surface area contributed by atoms with E-state index in [1.165, 1.54) is 23.4 Å². The molecule has 2 nitrogen and oxygen atoms in total. The van der Waals surface area contributed by atoms with E-state index in [9.17, 15) is 0 Å². The highest BCUT2D eigenvalue weighted by Crippen LogP contribution is 2.18. The summed E-state index contributed by atoms with van der Waals surface area (Å²) in [6.45, 7) is 0. The minimum absolute atomic E-state index is 1.11. The lowest BCUT2D eigenvalue weighted by Crippen LogP contribution is -2.12. The molecule has 0 radical (unpaired) electrons. The van der Waals surface area contributed by atoms with Gasteiger partial charge in [-0.05, 0) is 31.4 Å². The quantitative estimate of drug-likeness (QED) is 0.568. The van der Waals surface area contributed by atoms with Gasteiger partial charge in [0, 0.05) is 30.2 Å². The van der Waals surface area contributed by atoms with Gasteiger partial charge in [-0.15, -0.1) is 0 Å². The van der Waals surface area contributed by atoms with Crippen LogP contribution >= 0.6 is 0 Å². The van der Waals surface area contributed by atoms with Gasteiger partial charge < -0.3 is 0 Å². The van der Waals surface area contributed by atoms with Crippen molar-refractivity contribution in [2.75, 3.05) is 7.05 Å². The molecule has 0 spiro atoms. The summed E-state index contributed by atoms with van der Waals surface area (Å²) in [4.78, 5) is 8.60. The first-order valence-electron chi connectivity index (χ1n) is 4.32. The molecule has 0 N–H and O–H groups in total. The van der Waals surface area contributed by atoms with Gasteiger partial charge in [-0.3, -0.25) is 9.98 Å². The van der Waals surface area contributed by atoms with Crippen LogP contribution in [0.2, 0.25) is 0 Å². The number of aryl methyl sites for hydroxylation is 1. The van der Waals surface area contributed by atoms with Crippen LogP contribution in [0.25, 0.3) is 0 Å². The highest BCUT2D eigenvalue weighted by Gasteiger charge is 2.14. The van der Waals surface area contributed by atoms with Gasteiger partial charge in [0.15, 0.2) is 0 Å². The van der Waals surface area contributed by atoms with Crippen LogP contribution in [-0.2, 0) is 6.42 Å². The molecular formula is C10H12N2. The Labute approximate surface area is 72.4 Å². The minimum Gasteiger partial charge on any atom is -0.292 e. The maximum absolute atomic E-state index is 4.34. The van der Waals surface area contributed by atoms with Gasteiger partial charge in [0.1, 0.15) is 0 Å². The first-order valence-corrected chi connectivity index (χ1v) is 4.32. The standard InChI is InChI=1S/C10H12N2/c1-11-9-5-2-6-10-8(9)4-3-7-12-10/h3-4,7H,2,5-6H2,1H3/b11-9-. The first-order chi connectivity index (χ1) is 5.92. The molecule has 0 aromatic carbocycles. The van der Waals surface area contributed by atoms with E-state index in [0.717, 1.165) is 12.8 Å². The normalized spacial score (nSPS) is 19.2. The molecule has 1 aliphatic carbocycles. The molecule has 62 valence electrons. The molecule has 0 saturated carbocycles. The SMILES string of the molecule is C/N=C1/CCCc2ncccc21. The number of aromatic nitrogens is 1. The molecule has 12 heavy (non-hydrogen) atoms. The van der Waals surface area contributed by atoms with Gasteiger partial charge in [-0.1, -0.05) is 0 Å². The van der Waals surface area contributed by atoms with Crippen LogP contribution in [0.4, 0.5) is 0 Å². The van der Waals surface area contributed by atoms with Crippen molar-refractivity contribution < 1.29 is 0 Å². The Morgan fingerprint density at radius 3 is 3.17 bits per heavy atom. The molecule has 1 heterocycles. The molecule has 0 unspecified atom stereocenters. The van der Waals surface area contributed by atoms with Gasteiger partial charge in [0.2, 0.25) is 0 Å². The summed E-state index contributed by atoms with van der Waals surface area (Å²) in [5.74, 6) is 0. The average molecular weight is 160 g/mol. The Morgan fingerprint density at radius 1 is 1.42 bits per heavy atom. The first kappa shape index (κ1) is 7.47. The number of rotatable bonds is 0.